The van der Waals surface area contributed by atoms with Crippen LogP contribution >= 0.6 is 11.6 Å². The number of aromatic nitrogens is 2. The van der Waals surface area contributed by atoms with Gasteiger partial charge in [0, 0.05) is 18.3 Å². The number of fused-ring (bicyclic) bond motifs is 1. The van der Waals surface area contributed by atoms with Crippen LogP contribution in [0, 0.1) is 0 Å². The molecule has 2 aromatic rings. The highest BCUT2D eigenvalue weighted by molar-refractivity contribution is 6.28. The van der Waals surface area contributed by atoms with Gasteiger partial charge in [-0.2, -0.15) is 0 Å². The molecule has 0 radical (unpaired) electrons. The van der Waals surface area contributed by atoms with Crippen LogP contribution in [-0.2, 0) is 13.0 Å². The average Bonchev–Trinajstić information content (AvgIpc) is 2.92. The third-order valence-corrected chi connectivity index (χ3v) is 3.19. The minimum atomic E-state index is 0.262. The van der Waals surface area contributed by atoms with Crippen molar-refractivity contribution in [1.29, 1.82) is 0 Å². The molecule has 0 aliphatic carbocycles. The topological polar surface area (TPSA) is 56.3 Å². The molecule has 6 heteroatoms. The van der Waals surface area contributed by atoms with Gasteiger partial charge in [0.25, 0.3) is 0 Å². The second kappa shape index (κ2) is 5.54. The minimum Gasteiger partial charge on any atom is -0.454 e. The largest absolute Gasteiger partial charge is 0.454 e. The molecule has 0 unspecified atom stereocenters. The van der Waals surface area contributed by atoms with E-state index in [0.29, 0.717) is 6.54 Å². The normalized spacial score (nSPS) is 12.5. The molecule has 0 bridgehead atoms. The summed E-state index contributed by atoms with van der Waals surface area (Å²) in [5.41, 5.74) is 2.00. The van der Waals surface area contributed by atoms with E-state index < -0.39 is 0 Å². The molecule has 0 spiro atoms. The molecule has 1 aromatic heterocycles. The van der Waals surface area contributed by atoms with E-state index in [1.54, 1.807) is 0 Å². The first-order chi connectivity index (χ1) is 9.74. The lowest BCUT2D eigenvalue weighted by Crippen LogP contribution is -2.03. The molecule has 5 nitrogen and oxygen atoms in total. The van der Waals surface area contributed by atoms with Gasteiger partial charge in [-0.3, -0.25) is 0 Å². The number of benzene rings is 1. The van der Waals surface area contributed by atoms with Gasteiger partial charge in [0.15, 0.2) is 11.5 Å². The van der Waals surface area contributed by atoms with Crippen molar-refractivity contribution in [3.05, 3.63) is 40.8 Å². The van der Waals surface area contributed by atoms with Crippen LogP contribution < -0.4 is 14.8 Å². The maximum absolute atomic E-state index is 5.89. The highest BCUT2D eigenvalue weighted by Crippen LogP contribution is 2.32. The fourth-order valence-corrected chi connectivity index (χ4v) is 2.18. The summed E-state index contributed by atoms with van der Waals surface area (Å²) < 4.78 is 10.6. The standard InChI is InChI=1S/C14H14ClN3O2/c1-2-10-6-13(18-14(15)17-10)16-7-9-3-4-11-12(5-9)20-8-19-11/h3-6H,2,7-8H2,1H3,(H,16,17,18). The summed E-state index contributed by atoms with van der Waals surface area (Å²) in [5.74, 6) is 2.28. The maximum Gasteiger partial charge on any atom is 0.231 e. The van der Waals surface area contributed by atoms with Crippen molar-refractivity contribution in [1.82, 2.24) is 9.97 Å². The molecular weight excluding hydrogens is 278 g/mol. The van der Waals surface area contributed by atoms with Crippen molar-refractivity contribution in [2.24, 2.45) is 0 Å². The van der Waals surface area contributed by atoms with Crippen LogP contribution in [0.25, 0.3) is 0 Å². The Morgan fingerprint density at radius 2 is 2.05 bits per heavy atom. The molecule has 0 atom stereocenters. The van der Waals surface area contributed by atoms with Crippen LogP contribution in [0.15, 0.2) is 24.3 Å². The summed E-state index contributed by atoms with van der Waals surface area (Å²) in [6.07, 6.45) is 0.820. The molecule has 0 saturated heterocycles. The third kappa shape index (κ3) is 2.77. The Hall–Kier alpha value is -2.01. The van der Waals surface area contributed by atoms with Crippen LogP contribution in [0.5, 0.6) is 11.5 Å². The zero-order valence-electron chi connectivity index (χ0n) is 11.0. The van der Waals surface area contributed by atoms with Gasteiger partial charge >= 0.3 is 0 Å². The number of halogens is 1. The van der Waals surface area contributed by atoms with Gasteiger partial charge in [0.2, 0.25) is 12.1 Å². The van der Waals surface area contributed by atoms with E-state index in [0.717, 1.165) is 35.0 Å². The minimum absolute atomic E-state index is 0.262. The Morgan fingerprint density at radius 3 is 2.90 bits per heavy atom. The zero-order chi connectivity index (χ0) is 13.9. The number of aryl methyl sites for hydroxylation is 1. The van der Waals surface area contributed by atoms with Crippen molar-refractivity contribution < 1.29 is 9.47 Å². The van der Waals surface area contributed by atoms with Gasteiger partial charge < -0.3 is 14.8 Å². The van der Waals surface area contributed by atoms with Crippen LogP contribution in [0.4, 0.5) is 5.82 Å². The Bertz CT molecular complexity index is 634. The SMILES string of the molecule is CCc1cc(NCc2ccc3c(c2)OCO3)nc(Cl)n1. The number of hydrogen-bond acceptors (Lipinski definition) is 5. The second-order valence-corrected chi connectivity index (χ2v) is 4.75. The van der Waals surface area contributed by atoms with Crippen molar-refractivity contribution in [3.8, 4) is 11.5 Å². The van der Waals surface area contributed by atoms with Crippen molar-refractivity contribution in [2.45, 2.75) is 19.9 Å². The molecule has 1 aromatic carbocycles. The Labute approximate surface area is 121 Å². The van der Waals surface area contributed by atoms with Crippen LogP contribution in [-0.4, -0.2) is 16.8 Å². The summed E-state index contributed by atoms with van der Waals surface area (Å²) in [4.78, 5) is 8.29. The fraction of sp³-hybridized carbons (Fsp3) is 0.286. The molecule has 1 N–H and O–H groups in total. The smallest absolute Gasteiger partial charge is 0.231 e. The number of anilines is 1. The molecule has 104 valence electrons. The van der Waals surface area contributed by atoms with Gasteiger partial charge in [0.1, 0.15) is 5.82 Å². The molecule has 1 aliphatic rings. The van der Waals surface area contributed by atoms with Crippen molar-refractivity contribution >= 4 is 17.4 Å². The number of nitrogens with one attached hydrogen (secondary N) is 1. The number of ether oxygens (including phenoxy) is 2. The summed E-state index contributed by atoms with van der Waals surface area (Å²) in [6, 6.07) is 7.76. The lowest BCUT2D eigenvalue weighted by molar-refractivity contribution is 0.174. The van der Waals surface area contributed by atoms with E-state index in [1.165, 1.54) is 0 Å². The van der Waals surface area contributed by atoms with Crippen LogP contribution in [0.1, 0.15) is 18.2 Å². The van der Waals surface area contributed by atoms with Crippen LogP contribution in [0.3, 0.4) is 0 Å². The third-order valence-electron chi connectivity index (χ3n) is 3.02. The second-order valence-electron chi connectivity index (χ2n) is 4.41. The summed E-state index contributed by atoms with van der Waals surface area (Å²) >= 11 is 5.89. The number of rotatable bonds is 4. The van der Waals surface area contributed by atoms with E-state index in [4.69, 9.17) is 21.1 Å². The van der Waals surface area contributed by atoms with E-state index in [1.807, 2.05) is 31.2 Å². The highest BCUT2D eigenvalue weighted by Gasteiger charge is 2.13. The molecule has 0 fully saturated rings. The van der Waals surface area contributed by atoms with E-state index in [2.05, 4.69) is 15.3 Å². The van der Waals surface area contributed by atoms with Crippen LogP contribution in [0.2, 0.25) is 5.28 Å². The van der Waals surface area contributed by atoms with E-state index in [9.17, 15) is 0 Å². The van der Waals surface area contributed by atoms with Crippen molar-refractivity contribution in [2.75, 3.05) is 12.1 Å². The molecule has 2 heterocycles. The lowest BCUT2D eigenvalue weighted by atomic mass is 10.2. The summed E-state index contributed by atoms with van der Waals surface area (Å²) in [6.45, 7) is 2.95. The maximum atomic E-state index is 5.89. The Morgan fingerprint density at radius 1 is 1.20 bits per heavy atom. The summed E-state index contributed by atoms with van der Waals surface area (Å²) in [7, 11) is 0. The first-order valence-corrected chi connectivity index (χ1v) is 6.78. The molecule has 3 rings (SSSR count). The predicted octanol–water partition coefficient (Wildman–Crippen LogP) is 3.03. The molecule has 0 amide bonds. The zero-order valence-corrected chi connectivity index (χ0v) is 11.8. The summed E-state index contributed by atoms with van der Waals surface area (Å²) in [5, 5.41) is 3.50. The van der Waals surface area contributed by atoms with E-state index in [-0.39, 0.29) is 12.1 Å². The molecule has 1 aliphatic heterocycles. The molecule has 0 saturated carbocycles. The number of nitrogens with zero attached hydrogens (tertiary/aromatic N) is 2. The lowest BCUT2D eigenvalue weighted by Gasteiger charge is -2.08. The van der Waals surface area contributed by atoms with Gasteiger partial charge in [0.05, 0.1) is 0 Å². The van der Waals surface area contributed by atoms with Gasteiger partial charge in [-0.05, 0) is 35.7 Å². The monoisotopic (exact) mass is 291 g/mol. The highest BCUT2D eigenvalue weighted by atomic mass is 35.5. The van der Waals surface area contributed by atoms with Crippen molar-refractivity contribution in [3.63, 3.8) is 0 Å². The number of hydrogen-bond donors (Lipinski definition) is 1. The Balaban J connectivity index is 1.71. The molecular formula is C14H14ClN3O2. The van der Waals surface area contributed by atoms with E-state index >= 15 is 0 Å². The Kier molecular flexibility index (Phi) is 3.60. The quantitative estimate of drug-likeness (QED) is 0.878. The first-order valence-electron chi connectivity index (χ1n) is 6.40. The fourth-order valence-electron chi connectivity index (χ4n) is 1.98. The van der Waals surface area contributed by atoms with Gasteiger partial charge in [-0.25, -0.2) is 9.97 Å². The average molecular weight is 292 g/mol. The van der Waals surface area contributed by atoms with Gasteiger partial charge in [-0.1, -0.05) is 13.0 Å². The predicted molar refractivity (Wildman–Crippen MR) is 76.3 cm³/mol. The first kappa shape index (κ1) is 13.0. The van der Waals surface area contributed by atoms with Gasteiger partial charge in [-0.15, -0.1) is 0 Å². The molecule has 20 heavy (non-hydrogen) atoms.